The largest absolute Gasteiger partial charge is 0.302 e. The molecule has 0 spiro atoms. The number of anilines is 2. The maximum absolute atomic E-state index is 3.03. The minimum atomic E-state index is 0. The molecule has 3 nitrogen and oxygen atoms in total. The van der Waals surface area contributed by atoms with Gasteiger partial charge in [0.1, 0.15) is 0 Å². The number of fused-ring (bicyclic) bond motifs is 1. The van der Waals surface area contributed by atoms with Gasteiger partial charge in [-0.1, -0.05) is 53.7 Å². The van der Waals surface area contributed by atoms with Crippen LogP contribution in [0.4, 0.5) is 11.4 Å². The van der Waals surface area contributed by atoms with Crippen molar-refractivity contribution in [3.8, 4) is 0 Å². The van der Waals surface area contributed by atoms with E-state index in [0.717, 1.165) is 5.69 Å². The highest BCUT2D eigenvalue weighted by Gasteiger charge is 2.11. The molecule has 0 unspecified atom stereocenters. The Morgan fingerprint density at radius 3 is 1.94 bits per heavy atom. The van der Waals surface area contributed by atoms with E-state index in [1.165, 1.54) is 5.69 Å². The fraction of sp³-hybridized carbons (Fsp3) is 0.538. The fourth-order valence-corrected chi connectivity index (χ4v) is 1.08. The summed E-state index contributed by atoms with van der Waals surface area (Å²) in [5.41, 5.74) is 8.31. The molecule has 0 saturated heterocycles. The van der Waals surface area contributed by atoms with E-state index in [4.69, 9.17) is 0 Å². The summed E-state index contributed by atoms with van der Waals surface area (Å²) < 4.78 is 0. The van der Waals surface area contributed by atoms with Crippen LogP contribution in [-0.2, 0) is 0 Å². The topological polar surface area (TPSA) is 27.3 Å². The van der Waals surface area contributed by atoms with Crippen LogP contribution in [0.15, 0.2) is 24.3 Å². The molecule has 1 aliphatic rings. The Morgan fingerprint density at radius 2 is 1.44 bits per heavy atom. The highest BCUT2D eigenvalue weighted by Crippen LogP contribution is 2.26. The van der Waals surface area contributed by atoms with Crippen molar-refractivity contribution in [1.82, 2.24) is 5.53 Å². The Morgan fingerprint density at radius 1 is 0.938 bits per heavy atom. The van der Waals surface area contributed by atoms with E-state index in [0.29, 0.717) is 0 Å². The predicted molar refractivity (Wildman–Crippen MR) is 77.8 cm³/mol. The number of nitrogens with zero attached hydrogens (tertiary/aromatic N) is 1. The quantitative estimate of drug-likeness (QED) is 0.692. The maximum Gasteiger partial charge on any atom is 0.0779 e. The van der Waals surface area contributed by atoms with Crippen LogP contribution in [-0.4, -0.2) is 7.05 Å². The standard InChI is InChI=1S/C7H9N3.3C2H6.H2/c1-10-7-5-3-2-4-6(7)8-9-10;3*1-2;/h2-5,8-9H,1H3;3*1-2H3;1H. The Bertz CT molecular complexity index is 254. The van der Waals surface area contributed by atoms with Gasteiger partial charge in [0.25, 0.3) is 0 Å². The Balaban J connectivity index is -0.000000248. The van der Waals surface area contributed by atoms with E-state index in [1.807, 2.05) is 71.8 Å². The molecule has 1 aromatic carbocycles. The molecule has 0 fully saturated rings. The lowest BCUT2D eigenvalue weighted by atomic mass is 10.3. The van der Waals surface area contributed by atoms with Crippen molar-refractivity contribution in [3.63, 3.8) is 0 Å². The van der Waals surface area contributed by atoms with Crippen LogP contribution < -0.4 is 16.0 Å². The number of para-hydroxylation sites is 2. The van der Waals surface area contributed by atoms with Crippen molar-refractivity contribution in [2.75, 3.05) is 17.5 Å². The van der Waals surface area contributed by atoms with Crippen LogP contribution in [0.5, 0.6) is 0 Å². The molecule has 0 atom stereocenters. The highest BCUT2D eigenvalue weighted by molar-refractivity contribution is 5.72. The predicted octanol–water partition coefficient (Wildman–Crippen LogP) is 4.29. The van der Waals surface area contributed by atoms with Crippen LogP contribution in [0.3, 0.4) is 0 Å². The highest BCUT2D eigenvalue weighted by atomic mass is 15.7. The second-order valence-electron chi connectivity index (χ2n) is 2.31. The Kier molecular flexibility index (Phi) is 12.7. The van der Waals surface area contributed by atoms with Gasteiger partial charge in [-0.15, -0.1) is 5.53 Å². The molecule has 16 heavy (non-hydrogen) atoms. The first-order valence-corrected chi connectivity index (χ1v) is 6.22. The van der Waals surface area contributed by atoms with Crippen LogP contribution in [0, 0.1) is 0 Å². The van der Waals surface area contributed by atoms with E-state index in [2.05, 4.69) is 17.0 Å². The number of benzene rings is 1. The Labute approximate surface area is 102 Å². The van der Waals surface area contributed by atoms with Gasteiger partial charge in [0.05, 0.1) is 11.4 Å². The number of hydrogen-bond acceptors (Lipinski definition) is 3. The van der Waals surface area contributed by atoms with Crippen molar-refractivity contribution in [1.29, 1.82) is 0 Å². The lowest BCUT2D eigenvalue weighted by Gasteiger charge is -2.08. The van der Waals surface area contributed by atoms with Crippen molar-refractivity contribution in [2.45, 2.75) is 41.5 Å². The zero-order valence-electron chi connectivity index (χ0n) is 11.8. The summed E-state index contributed by atoms with van der Waals surface area (Å²) in [6, 6.07) is 8.12. The molecule has 0 bridgehead atoms. The smallest absolute Gasteiger partial charge is 0.0779 e. The third-order valence-electron chi connectivity index (χ3n) is 1.62. The van der Waals surface area contributed by atoms with E-state index in [9.17, 15) is 0 Å². The van der Waals surface area contributed by atoms with Gasteiger partial charge < -0.3 is 5.43 Å². The number of rotatable bonds is 0. The second-order valence-corrected chi connectivity index (χ2v) is 2.31. The maximum atomic E-state index is 3.03. The summed E-state index contributed by atoms with van der Waals surface area (Å²) in [4.78, 5) is 0. The normalized spacial score (nSPS) is 10.3. The lowest BCUT2D eigenvalue weighted by Crippen LogP contribution is -2.31. The summed E-state index contributed by atoms with van der Waals surface area (Å²) in [6.07, 6.45) is 0. The molecule has 0 aromatic heterocycles. The van der Waals surface area contributed by atoms with Gasteiger partial charge in [-0.3, -0.25) is 5.01 Å². The summed E-state index contributed by atoms with van der Waals surface area (Å²) >= 11 is 0. The van der Waals surface area contributed by atoms with Crippen LogP contribution in [0.1, 0.15) is 43.0 Å². The van der Waals surface area contributed by atoms with E-state index in [1.54, 1.807) is 0 Å². The molecule has 0 aliphatic carbocycles. The molecule has 2 rings (SSSR count). The van der Waals surface area contributed by atoms with Crippen molar-refractivity contribution in [3.05, 3.63) is 24.3 Å². The van der Waals surface area contributed by atoms with Gasteiger partial charge >= 0.3 is 0 Å². The first kappa shape index (κ1) is 17.2. The van der Waals surface area contributed by atoms with Crippen LogP contribution in [0.2, 0.25) is 0 Å². The molecule has 0 amide bonds. The van der Waals surface area contributed by atoms with Crippen molar-refractivity contribution < 1.29 is 1.43 Å². The average molecular weight is 227 g/mol. The van der Waals surface area contributed by atoms with Crippen LogP contribution in [0.25, 0.3) is 0 Å². The molecular weight excluding hydrogens is 198 g/mol. The average Bonchev–Trinajstić information content (AvgIpc) is 2.79. The first-order chi connectivity index (χ1) is 7.88. The third kappa shape index (κ3) is 5.03. The van der Waals surface area contributed by atoms with Gasteiger partial charge in [-0.25, -0.2) is 0 Å². The van der Waals surface area contributed by atoms with Crippen molar-refractivity contribution in [2.24, 2.45) is 0 Å². The molecule has 3 heteroatoms. The van der Waals surface area contributed by atoms with E-state index < -0.39 is 0 Å². The van der Waals surface area contributed by atoms with E-state index in [-0.39, 0.29) is 1.43 Å². The Hall–Kier alpha value is -1.22. The molecule has 96 valence electrons. The minimum Gasteiger partial charge on any atom is -0.302 e. The summed E-state index contributed by atoms with van der Waals surface area (Å²) in [7, 11) is 1.97. The summed E-state index contributed by atoms with van der Waals surface area (Å²) in [6.45, 7) is 12.0. The molecule has 1 heterocycles. The monoisotopic (exact) mass is 227 g/mol. The van der Waals surface area contributed by atoms with E-state index >= 15 is 0 Å². The molecule has 1 aromatic rings. The number of hydrazine groups is 2. The van der Waals surface area contributed by atoms with Gasteiger partial charge in [0.15, 0.2) is 0 Å². The third-order valence-corrected chi connectivity index (χ3v) is 1.62. The number of hydrogen-bond donors (Lipinski definition) is 2. The van der Waals surface area contributed by atoms with Gasteiger partial charge in [0, 0.05) is 8.47 Å². The molecule has 1 aliphatic heterocycles. The fourth-order valence-electron chi connectivity index (χ4n) is 1.08. The van der Waals surface area contributed by atoms with Gasteiger partial charge in [-0.05, 0) is 12.1 Å². The molecule has 2 N–H and O–H groups in total. The zero-order valence-corrected chi connectivity index (χ0v) is 11.8. The lowest BCUT2D eigenvalue weighted by molar-refractivity contribution is 0.820. The SMILES string of the molecule is CC.CC.CC.CN1NNc2ccccc21.[HH]. The molecule has 0 radical (unpaired) electrons. The van der Waals surface area contributed by atoms with Gasteiger partial charge in [-0.2, -0.15) is 0 Å². The zero-order chi connectivity index (χ0) is 13.0. The van der Waals surface area contributed by atoms with Gasteiger partial charge in [0.2, 0.25) is 0 Å². The minimum absolute atomic E-state index is 0. The molecular formula is C13H29N3. The van der Waals surface area contributed by atoms with Crippen LogP contribution >= 0.6 is 0 Å². The van der Waals surface area contributed by atoms with Crippen molar-refractivity contribution >= 4 is 11.4 Å². The molecule has 0 saturated carbocycles. The summed E-state index contributed by atoms with van der Waals surface area (Å²) in [5, 5.41) is 1.94. The first-order valence-electron chi connectivity index (χ1n) is 6.22. The second kappa shape index (κ2) is 11.9. The summed E-state index contributed by atoms with van der Waals surface area (Å²) in [5.74, 6) is 0. The number of nitrogens with one attached hydrogen (secondary N) is 2.